The second-order valence-electron chi connectivity index (χ2n) is 9.91. The van der Waals surface area contributed by atoms with E-state index in [1.165, 1.54) is 0 Å². The molecule has 1 atom stereocenters. The molecule has 0 saturated carbocycles. The van der Waals surface area contributed by atoms with Crippen molar-refractivity contribution in [1.29, 1.82) is 0 Å². The first kappa shape index (κ1) is 27.9. The second-order valence-corrected chi connectivity index (χ2v) is 9.91. The Morgan fingerprint density at radius 2 is 1.78 bits per heavy atom. The number of carbonyl (C=O) groups is 1. The summed E-state index contributed by atoms with van der Waals surface area (Å²) in [6, 6.07) is 15.3. The molecule has 0 spiro atoms. The number of aryl methyl sites for hydroxylation is 1. The summed E-state index contributed by atoms with van der Waals surface area (Å²) in [5.74, 6) is 1.85. The number of nitrogens with one attached hydrogen (secondary N) is 3. The topological polar surface area (TPSA) is 130 Å². The zero-order valence-electron chi connectivity index (χ0n) is 23.6. The number of benzene rings is 1. The van der Waals surface area contributed by atoms with E-state index in [9.17, 15) is 4.79 Å². The number of carbonyl (C=O) groups excluding carboxylic acids is 1. The van der Waals surface area contributed by atoms with Crippen molar-refractivity contribution < 1.29 is 9.53 Å². The van der Waals surface area contributed by atoms with Crippen molar-refractivity contribution in [3.8, 4) is 11.5 Å². The van der Waals surface area contributed by atoms with Gasteiger partial charge in [-0.15, -0.1) is 0 Å². The number of nitrogens with zero attached hydrogens (tertiary/aromatic N) is 6. The van der Waals surface area contributed by atoms with Gasteiger partial charge in [0.05, 0.1) is 12.5 Å². The molecule has 3 aromatic heterocycles. The number of ether oxygens (including phenoxy) is 1. The van der Waals surface area contributed by atoms with Crippen LogP contribution in [0.1, 0.15) is 31.5 Å². The molecule has 1 saturated heterocycles. The lowest BCUT2D eigenvalue weighted by Crippen LogP contribution is -2.44. The van der Waals surface area contributed by atoms with Gasteiger partial charge in [-0.2, -0.15) is 4.98 Å². The number of hydrogen-bond donors (Lipinski definition) is 3. The fourth-order valence-corrected chi connectivity index (χ4v) is 4.49. The van der Waals surface area contributed by atoms with Gasteiger partial charge in [-0.25, -0.2) is 19.9 Å². The van der Waals surface area contributed by atoms with Gasteiger partial charge in [0, 0.05) is 55.6 Å². The smallest absolute Gasteiger partial charge is 0.310 e. The zero-order valence-corrected chi connectivity index (χ0v) is 23.6. The van der Waals surface area contributed by atoms with E-state index in [-0.39, 0.29) is 18.5 Å². The molecule has 0 aliphatic carbocycles. The molecule has 3 N–H and O–H groups in total. The van der Waals surface area contributed by atoms with Crippen LogP contribution in [0.5, 0.6) is 0 Å². The Hall–Kier alpha value is -4.64. The lowest BCUT2D eigenvalue weighted by atomic mass is 10.1. The van der Waals surface area contributed by atoms with Crippen LogP contribution in [0, 0.1) is 6.92 Å². The van der Waals surface area contributed by atoms with Crippen LogP contribution < -0.4 is 20.9 Å². The molecule has 11 heteroatoms. The molecule has 4 aromatic rings. The quantitative estimate of drug-likeness (QED) is 0.241. The molecule has 1 aliphatic heterocycles. The van der Waals surface area contributed by atoms with Crippen molar-refractivity contribution in [3.05, 3.63) is 72.2 Å². The maximum absolute atomic E-state index is 12.7. The molecule has 0 bridgehead atoms. The third-order valence-electron chi connectivity index (χ3n) is 6.72. The van der Waals surface area contributed by atoms with Gasteiger partial charge < -0.3 is 25.6 Å². The van der Waals surface area contributed by atoms with Crippen LogP contribution in [0.25, 0.3) is 11.5 Å². The number of hydrogen-bond acceptors (Lipinski definition) is 11. The number of rotatable bonds is 10. The van der Waals surface area contributed by atoms with Gasteiger partial charge in [0.25, 0.3) is 0 Å². The molecule has 4 heterocycles. The summed E-state index contributed by atoms with van der Waals surface area (Å²) in [6.07, 6.45) is 4.20. The SMILES string of the molecule is CC[C@@H](C)OC(=O)Cc1cc(Nc2nccc(Nc3ccnc(-c4cccc(C)n4)n3)n2)ccc1N1CCNCC1. The van der Waals surface area contributed by atoms with Crippen molar-refractivity contribution >= 4 is 34.9 Å². The highest BCUT2D eigenvalue weighted by Gasteiger charge is 2.18. The fraction of sp³-hybridized carbons (Fsp3) is 0.333. The van der Waals surface area contributed by atoms with Crippen molar-refractivity contribution in [2.75, 3.05) is 41.7 Å². The maximum Gasteiger partial charge on any atom is 0.310 e. The standard InChI is InChI=1S/C30H35N9O2/c1-4-21(3)41-28(40)19-22-18-23(8-9-25(22)39-16-14-31-15-17-39)35-30-33-13-11-27(38-30)36-26-10-12-32-29(37-26)24-7-5-6-20(2)34-24/h5-13,18,21,31H,4,14-17,19H2,1-3H3,(H2,32,33,35,36,37,38)/t21-/m1/s1. The first-order chi connectivity index (χ1) is 20.0. The lowest BCUT2D eigenvalue weighted by Gasteiger charge is -2.31. The number of piperazine rings is 1. The van der Waals surface area contributed by atoms with E-state index < -0.39 is 0 Å². The summed E-state index contributed by atoms with van der Waals surface area (Å²) < 4.78 is 5.58. The van der Waals surface area contributed by atoms with Crippen LogP contribution in [-0.2, 0) is 16.0 Å². The minimum atomic E-state index is -0.236. The lowest BCUT2D eigenvalue weighted by molar-refractivity contribution is -0.147. The van der Waals surface area contributed by atoms with E-state index in [0.717, 1.165) is 55.2 Å². The van der Waals surface area contributed by atoms with Crippen molar-refractivity contribution in [3.63, 3.8) is 0 Å². The van der Waals surface area contributed by atoms with E-state index in [0.29, 0.717) is 29.1 Å². The Labute approximate surface area is 239 Å². The first-order valence-electron chi connectivity index (χ1n) is 13.9. The highest BCUT2D eigenvalue weighted by molar-refractivity contribution is 5.77. The fourth-order valence-electron chi connectivity index (χ4n) is 4.49. The van der Waals surface area contributed by atoms with Crippen molar-refractivity contribution in [1.82, 2.24) is 30.2 Å². The summed E-state index contributed by atoms with van der Waals surface area (Å²) in [5, 5.41) is 9.89. The summed E-state index contributed by atoms with van der Waals surface area (Å²) in [5.41, 5.74) is 4.32. The Balaban J connectivity index is 1.33. The van der Waals surface area contributed by atoms with E-state index in [2.05, 4.69) is 45.8 Å². The Bertz CT molecular complexity index is 1490. The molecular weight excluding hydrogens is 518 g/mol. The minimum Gasteiger partial charge on any atom is -0.462 e. The third kappa shape index (κ3) is 7.52. The molecule has 1 aliphatic rings. The molecule has 41 heavy (non-hydrogen) atoms. The van der Waals surface area contributed by atoms with Gasteiger partial charge in [0.15, 0.2) is 5.82 Å². The molecule has 212 valence electrons. The van der Waals surface area contributed by atoms with Crippen LogP contribution in [-0.4, -0.2) is 63.2 Å². The predicted octanol–water partition coefficient (Wildman–Crippen LogP) is 4.42. The van der Waals surface area contributed by atoms with Gasteiger partial charge in [0.2, 0.25) is 5.95 Å². The minimum absolute atomic E-state index is 0.117. The van der Waals surface area contributed by atoms with Crippen molar-refractivity contribution in [2.24, 2.45) is 0 Å². The van der Waals surface area contributed by atoms with Gasteiger partial charge in [-0.1, -0.05) is 13.0 Å². The molecule has 5 rings (SSSR count). The average Bonchev–Trinajstić information content (AvgIpc) is 2.98. The van der Waals surface area contributed by atoms with Crippen LogP contribution >= 0.6 is 0 Å². The van der Waals surface area contributed by atoms with Gasteiger partial charge in [-0.3, -0.25) is 4.79 Å². The van der Waals surface area contributed by atoms with Gasteiger partial charge in [0.1, 0.15) is 17.3 Å². The van der Waals surface area contributed by atoms with Crippen LogP contribution in [0.15, 0.2) is 60.9 Å². The summed E-state index contributed by atoms with van der Waals surface area (Å²) >= 11 is 0. The Morgan fingerprint density at radius 1 is 1.00 bits per heavy atom. The number of aromatic nitrogens is 5. The normalized spacial score (nSPS) is 13.9. The molecule has 0 radical (unpaired) electrons. The van der Waals surface area contributed by atoms with Crippen LogP contribution in [0.3, 0.4) is 0 Å². The second kappa shape index (κ2) is 13.1. The largest absolute Gasteiger partial charge is 0.462 e. The van der Waals surface area contributed by atoms with E-state index in [4.69, 9.17) is 4.74 Å². The van der Waals surface area contributed by atoms with Gasteiger partial charge >= 0.3 is 5.97 Å². The number of anilines is 5. The maximum atomic E-state index is 12.7. The number of esters is 1. The highest BCUT2D eigenvalue weighted by Crippen LogP contribution is 2.27. The van der Waals surface area contributed by atoms with E-state index >= 15 is 0 Å². The average molecular weight is 554 g/mol. The predicted molar refractivity (Wildman–Crippen MR) is 160 cm³/mol. The summed E-state index contributed by atoms with van der Waals surface area (Å²) in [7, 11) is 0. The summed E-state index contributed by atoms with van der Waals surface area (Å²) in [6.45, 7) is 9.40. The molecule has 11 nitrogen and oxygen atoms in total. The molecule has 1 fully saturated rings. The number of pyridine rings is 1. The third-order valence-corrected chi connectivity index (χ3v) is 6.72. The molecule has 0 unspecified atom stereocenters. The van der Waals surface area contributed by atoms with Crippen LogP contribution in [0.2, 0.25) is 0 Å². The van der Waals surface area contributed by atoms with Crippen LogP contribution in [0.4, 0.5) is 29.0 Å². The highest BCUT2D eigenvalue weighted by atomic mass is 16.5. The molecule has 0 amide bonds. The Kier molecular flexibility index (Phi) is 8.95. The zero-order chi connectivity index (χ0) is 28.6. The molecular formula is C30H35N9O2. The van der Waals surface area contributed by atoms with E-state index in [1.54, 1.807) is 24.5 Å². The monoisotopic (exact) mass is 553 g/mol. The first-order valence-corrected chi connectivity index (χ1v) is 13.9. The molecule has 1 aromatic carbocycles. The Morgan fingerprint density at radius 3 is 2.56 bits per heavy atom. The summed E-state index contributed by atoms with van der Waals surface area (Å²) in [4.78, 5) is 37.5. The van der Waals surface area contributed by atoms with E-state index in [1.807, 2.05) is 57.2 Å². The van der Waals surface area contributed by atoms with Crippen molar-refractivity contribution in [2.45, 2.75) is 39.7 Å². The van der Waals surface area contributed by atoms with Gasteiger partial charge in [-0.05, 0) is 68.3 Å².